The number of hydrogen-bond acceptors (Lipinski definition) is 2. The van der Waals surface area contributed by atoms with Crippen molar-refractivity contribution in [3.05, 3.63) is 12.7 Å². The fourth-order valence-corrected chi connectivity index (χ4v) is 2.03. The third-order valence-corrected chi connectivity index (χ3v) is 3.31. The maximum atomic E-state index is 10.1. The van der Waals surface area contributed by atoms with Crippen LogP contribution in [-0.4, -0.2) is 34.7 Å². The molecule has 2 nitrogen and oxygen atoms in total. The summed E-state index contributed by atoms with van der Waals surface area (Å²) in [7, 11) is 0. The number of aliphatic hydroxyl groups is 1. The van der Waals surface area contributed by atoms with Gasteiger partial charge in [-0.1, -0.05) is 26.8 Å². The molecular formula is C12H25NO. The predicted molar refractivity (Wildman–Crippen MR) is 62.4 cm³/mol. The largest absolute Gasteiger partial charge is 0.391 e. The third kappa shape index (κ3) is 2.82. The Morgan fingerprint density at radius 3 is 2.14 bits per heavy atom. The van der Waals surface area contributed by atoms with Gasteiger partial charge in [0.1, 0.15) is 0 Å². The lowest BCUT2D eigenvalue weighted by molar-refractivity contribution is -0.0176. The van der Waals surface area contributed by atoms with Crippen molar-refractivity contribution in [3.8, 4) is 0 Å². The van der Waals surface area contributed by atoms with Gasteiger partial charge in [-0.05, 0) is 32.9 Å². The van der Waals surface area contributed by atoms with Gasteiger partial charge in [0.15, 0.2) is 0 Å². The van der Waals surface area contributed by atoms with Crippen molar-refractivity contribution < 1.29 is 5.11 Å². The highest BCUT2D eigenvalue weighted by molar-refractivity contribution is 4.94. The molecule has 0 aliphatic carbocycles. The molecule has 2 atom stereocenters. The maximum Gasteiger partial charge on any atom is 0.0755 e. The average Bonchev–Trinajstić information content (AvgIpc) is 2.19. The van der Waals surface area contributed by atoms with Crippen LogP contribution >= 0.6 is 0 Å². The molecule has 84 valence electrons. The summed E-state index contributed by atoms with van der Waals surface area (Å²) in [4.78, 5) is 2.32. The minimum Gasteiger partial charge on any atom is -0.391 e. The van der Waals surface area contributed by atoms with Crippen LogP contribution in [0.3, 0.4) is 0 Å². The summed E-state index contributed by atoms with van der Waals surface area (Å²) < 4.78 is 0. The molecule has 0 aliphatic rings. The van der Waals surface area contributed by atoms with Crippen molar-refractivity contribution in [1.82, 2.24) is 4.90 Å². The number of hydrogen-bond donors (Lipinski definition) is 1. The number of likely N-dealkylation sites (N-methyl/N-ethyl adjacent to an activating group) is 1. The average molecular weight is 199 g/mol. The second-order valence-corrected chi connectivity index (χ2v) is 3.92. The molecule has 2 heteroatoms. The van der Waals surface area contributed by atoms with Crippen molar-refractivity contribution >= 4 is 0 Å². The molecule has 14 heavy (non-hydrogen) atoms. The highest BCUT2D eigenvalue weighted by Gasteiger charge is 2.34. The molecule has 0 aromatic carbocycles. The van der Waals surface area contributed by atoms with Crippen molar-refractivity contribution in [3.63, 3.8) is 0 Å². The molecule has 0 amide bonds. The van der Waals surface area contributed by atoms with Gasteiger partial charge in [-0.25, -0.2) is 0 Å². The lowest BCUT2D eigenvalue weighted by Crippen LogP contribution is -2.54. The molecule has 0 spiro atoms. The van der Waals surface area contributed by atoms with Crippen LogP contribution in [-0.2, 0) is 0 Å². The predicted octanol–water partition coefficient (Wildman–Crippen LogP) is 2.43. The Kier molecular flexibility index (Phi) is 6.05. The van der Waals surface area contributed by atoms with E-state index < -0.39 is 0 Å². The molecule has 0 fully saturated rings. The van der Waals surface area contributed by atoms with Crippen molar-refractivity contribution in [2.45, 2.75) is 52.2 Å². The molecule has 0 saturated heterocycles. The zero-order valence-electron chi connectivity index (χ0n) is 10.1. The molecule has 2 unspecified atom stereocenters. The lowest BCUT2D eigenvalue weighted by Gasteiger charge is -2.43. The molecule has 0 aromatic rings. The first-order valence-electron chi connectivity index (χ1n) is 5.60. The molecule has 0 radical (unpaired) electrons. The molecule has 0 rings (SSSR count). The van der Waals surface area contributed by atoms with E-state index >= 15 is 0 Å². The van der Waals surface area contributed by atoms with Crippen LogP contribution in [0.2, 0.25) is 0 Å². The van der Waals surface area contributed by atoms with Gasteiger partial charge < -0.3 is 5.11 Å². The zero-order chi connectivity index (χ0) is 11.2. The summed E-state index contributed by atoms with van der Waals surface area (Å²) in [5.74, 6) is 0. The topological polar surface area (TPSA) is 23.5 Å². The van der Waals surface area contributed by atoms with Gasteiger partial charge >= 0.3 is 0 Å². The molecular weight excluding hydrogens is 174 g/mol. The van der Waals surface area contributed by atoms with Crippen LogP contribution in [0.15, 0.2) is 12.7 Å². The Morgan fingerprint density at radius 2 is 1.86 bits per heavy atom. The first-order valence-corrected chi connectivity index (χ1v) is 5.60. The van der Waals surface area contributed by atoms with Crippen molar-refractivity contribution in [2.75, 3.05) is 13.1 Å². The van der Waals surface area contributed by atoms with Crippen LogP contribution in [0.4, 0.5) is 0 Å². The van der Waals surface area contributed by atoms with E-state index in [2.05, 4.69) is 39.2 Å². The van der Waals surface area contributed by atoms with Crippen LogP contribution < -0.4 is 0 Å². The van der Waals surface area contributed by atoms with E-state index in [-0.39, 0.29) is 11.6 Å². The summed E-state index contributed by atoms with van der Waals surface area (Å²) >= 11 is 0. The normalized spacial score (nSPS) is 17.9. The van der Waals surface area contributed by atoms with Crippen molar-refractivity contribution in [2.24, 2.45) is 0 Å². The Bertz CT molecular complexity index is 166. The molecule has 0 heterocycles. The van der Waals surface area contributed by atoms with E-state index in [1.807, 2.05) is 0 Å². The summed E-state index contributed by atoms with van der Waals surface area (Å²) in [6, 6.07) is 0. The Morgan fingerprint density at radius 1 is 1.36 bits per heavy atom. The van der Waals surface area contributed by atoms with Crippen LogP contribution in [0.1, 0.15) is 40.5 Å². The fraction of sp³-hybridized carbons (Fsp3) is 0.833. The second kappa shape index (κ2) is 6.20. The van der Waals surface area contributed by atoms with E-state index in [1.54, 1.807) is 6.08 Å². The van der Waals surface area contributed by atoms with Gasteiger partial charge in [0.2, 0.25) is 0 Å². The summed E-state index contributed by atoms with van der Waals surface area (Å²) in [6.07, 6.45) is 3.11. The standard InChI is InChI=1S/C12H25NO/c1-6-10-11(14)12(5,7-2)13(8-3)9-4/h6,11,14H,1,7-10H2,2-5H3. The Balaban J connectivity index is 4.65. The summed E-state index contributed by atoms with van der Waals surface area (Å²) in [6.45, 7) is 14.2. The van der Waals surface area contributed by atoms with Crippen LogP contribution in [0, 0.1) is 0 Å². The molecule has 1 N–H and O–H groups in total. The van der Waals surface area contributed by atoms with E-state index in [4.69, 9.17) is 0 Å². The smallest absolute Gasteiger partial charge is 0.0755 e. The quantitative estimate of drug-likeness (QED) is 0.637. The van der Waals surface area contributed by atoms with Crippen LogP contribution in [0.5, 0.6) is 0 Å². The van der Waals surface area contributed by atoms with Gasteiger partial charge in [-0.3, -0.25) is 4.90 Å². The fourth-order valence-electron chi connectivity index (χ4n) is 2.03. The molecule has 0 saturated carbocycles. The number of rotatable bonds is 7. The van der Waals surface area contributed by atoms with Crippen LogP contribution in [0.25, 0.3) is 0 Å². The van der Waals surface area contributed by atoms with E-state index in [9.17, 15) is 5.11 Å². The summed E-state index contributed by atoms with van der Waals surface area (Å²) in [5.41, 5.74) is -0.113. The molecule has 0 aliphatic heterocycles. The van der Waals surface area contributed by atoms with Gasteiger partial charge in [0, 0.05) is 5.54 Å². The third-order valence-electron chi connectivity index (χ3n) is 3.31. The van der Waals surface area contributed by atoms with Gasteiger partial charge in [-0.15, -0.1) is 6.58 Å². The molecule has 0 aromatic heterocycles. The second-order valence-electron chi connectivity index (χ2n) is 3.92. The van der Waals surface area contributed by atoms with E-state index in [0.717, 1.165) is 19.5 Å². The maximum absolute atomic E-state index is 10.1. The van der Waals surface area contributed by atoms with Gasteiger partial charge in [0.25, 0.3) is 0 Å². The summed E-state index contributed by atoms with van der Waals surface area (Å²) in [5, 5.41) is 10.1. The monoisotopic (exact) mass is 199 g/mol. The van der Waals surface area contributed by atoms with E-state index in [0.29, 0.717) is 6.42 Å². The van der Waals surface area contributed by atoms with E-state index in [1.165, 1.54) is 0 Å². The minimum absolute atomic E-state index is 0.113. The van der Waals surface area contributed by atoms with Crippen molar-refractivity contribution in [1.29, 1.82) is 0 Å². The van der Waals surface area contributed by atoms with Gasteiger partial charge in [0.05, 0.1) is 6.10 Å². The number of nitrogens with zero attached hydrogens (tertiary/aromatic N) is 1. The first kappa shape index (κ1) is 13.7. The Labute approximate surface area is 88.6 Å². The SMILES string of the molecule is C=CCC(O)C(C)(CC)N(CC)CC. The lowest BCUT2D eigenvalue weighted by atomic mass is 9.87. The first-order chi connectivity index (χ1) is 6.56. The highest BCUT2D eigenvalue weighted by Crippen LogP contribution is 2.25. The highest BCUT2D eigenvalue weighted by atomic mass is 16.3. The zero-order valence-corrected chi connectivity index (χ0v) is 10.1. The molecule has 0 bridgehead atoms. The minimum atomic E-state index is -0.315. The number of aliphatic hydroxyl groups excluding tert-OH is 1. The van der Waals surface area contributed by atoms with Gasteiger partial charge in [-0.2, -0.15) is 0 Å². The Hall–Kier alpha value is -0.340.